The smallest absolute Gasteiger partial charge is 0.329 e. The van der Waals surface area contributed by atoms with Crippen molar-refractivity contribution in [3.63, 3.8) is 0 Å². The Morgan fingerprint density at radius 3 is 2.58 bits per heavy atom. The number of rotatable bonds is 5. The molecule has 2 aromatic carbocycles. The van der Waals surface area contributed by atoms with E-state index in [0.29, 0.717) is 18.7 Å². The number of sulfonamides is 1. The quantitative estimate of drug-likeness (QED) is 0.584. The van der Waals surface area contributed by atoms with Crippen molar-refractivity contribution in [3.8, 4) is 0 Å². The lowest BCUT2D eigenvalue weighted by Crippen LogP contribution is -2.40. The first kappa shape index (κ1) is 21.0. The number of carbonyl (C=O) groups is 1. The van der Waals surface area contributed by atoms with Crippen LogP contribution in [0.4, 0.5) is 5.69 Å². The van der Waals surface area contributed by atoms with Gasteiger partial charge < -0.3 is 15.0 Å². The minimum atomic E-state index is -3.73. The highest BCUT2D eigenvalue weighted by molar-refractivity contribution is 7.89. The fraction of sp³-hybridized carbons (Fsp3) is 0.250. The molecule has 1 aliphatic rings. The molecular weight excluding hydrogens is 424 g/mol. The highest BCUT2D eigenvalue weighted by Gasteiger charge is 2.26. The van der Waals surface area contributed by atoms with Crippen molar-refractivity contribution in [2.24, 2.45) is 0 Å². The van der Waals surface area contributed by atoms with Gasteiger partial charge in [0.15, 0.2) is 0 Å². The molecule has 0 aliphatic carbocycles. The third-order valence-electron chi connectivity index (χ3n) is 4.92. The molecule has 1 aliphatic heterocycles. The molecule has 3 aromatic rings. The lowest BCUT2D eigenvalue weighted by atomic mass is 10.2. The minimum Gasteiger partial charge on any atom is -0.379 e. The lowest BCUT2D eigenvalue weighted by Gasteiger charge is -2.26. The summed E-state index contributed by atoms with van der Waals surface area (Å²) in [5.74, 6) is -0.635. The van der Waals surface area contributed by atoms with E-state index in [9.17, 15) is 22.8 Å². The number of H-pyrrole nitrogens is 1. The molecule has 2 N–H and O–H groups in total. The summed E-state index contributed by atoms with van der Waals surface area (Å²) >= 11 is 0. The predicted octanol–water partition coefficient (Wildman–Crippen LogP) is 0.349. The molecule has 2 heterocycles. The van der Waals surface area contributed by atoms with E-state index in [0.717, 1.165) is 4.57 Å². The third kappa shape index (κ3) is 4.29. The molecule has 0 spiro atoms. The SMILES string of the molecule is O=C(Cn1c(=O)[nH]c2ccccc2c1=O)Nc1cccc(S(=O)(=O)N2CCOCC2)c1. The average Bonchev–Trinajstić information content (AvgIpc) is 2.77. The van der Waals surface area contributed by atoms with Crippen LogP contribution in [-0.2, 0) is 26.1 Å². The number of morpholine rings is 1. The van der Waals surface area contributed by atoms with Crippen LogP contribution in [0, 0.1) is 0 Å². The van der Waals surface area contributed by atoms with Crippen LogP contribution in [0.2, 0.25) is 0 Å². The summed E-state index contributed by atoms with van der Waals surface area (Å²) in [6, 6.07) is 12.3. The Bertz CT molecular complexity index is 1360. The Kier molecular flexibility index (Phi) is 5.72. The number of ether oxygens (including phenoxy) is 1. The number of benzene rings is 2. The molecule has 0 bridgehead atoms. The molecule has 10 nitrogen and oxygen atoms in total. The molecule has 31 heavy (non-hydrogen) atoms. The zero-order chi connectivity index (χ0) is 22.0. The molecule has 1 aromatic heterocycles. The Hall–Kier alpha value is -3.28. The summed E-state index contributed by atoms with van der Waals surface area (Å²) in [5.41, 5.74) is -0.666. The molecule has 0 saturated carbocycles. The number of hydrogen-bond donors (Lipinski definition) is 2. The number of amides is 1. The zero-order valence-corrected chi connectivity index (χ0v) is 17.2. The minimum absolute atomic E-state index is 0.0351. The Morgan fingerprint density at radius 1 is 1.06 bits per heavy atom. The molecule has 1 saturated heterocycles. The van der Waals surface area contributed by atoms with Crippen molar-refractivity contribution >= 4 is 32.5 Å². The van der Waals surface area contributed by atoms with Gasteiger partial charge in [-0.05, 0) is 30.3 Å². The van der Waals surface area contributed by atoms with Crippen molar-refractivity contribution in [2.75, 3.05) is 31.6 Å². The molecule has 1 amide bonds. The first-order valence-electron chi connectivity index (χ1n) is 9.56. The van der Waals surface area contributed by atoms with Gasteiger partial charge in [-0.15, -0.1) is 0 Å². The van der Waals surface area contributed by atoms with Crippen molar-refractivity contribution in [3.05, 3.63) is 69.4 Å². The normalized spacial score (nSPS) is 15.1. The van der Waals surface area contributed by atoms with E-state index < -0.39 is 33.7 Å². The number of carbonyl (C=O) groups excluding carboxylic acids is 1. The molecule has 162 valence electrons. The second-order valence-corrected chi connectivity index (χ2v) is 8.90. The molecule has 11 heteroatoms. The van der Waals surface area contributed by atoms with E-state index in [-0.39, 0.29) is 29.1 Å². The number of anilines is 1. The van der Waals surface area contributed by atoms with Gasteiger partial charge in [0.1, 0.15) is 6.54 Å². The van der Waals surface area contributed by atoms with Crippen LogP contribution in [0.1, 0.15) is 0 Å². The highest BCUT2D eigenvalue weighted by Crippen LogP contribution is 2.20. The Labute approximate surface area is 177 Å². The molecule has 0 unspecified atom stereocenters. The number of nitrogens with one attached hydrogen (secondary N) is 2. The summed E-state index contributed by atoms with van der Waals surface area (Å²) in [6.45, 7) is 0.647. The third-order valence-corrected chi connectivity index (χ3v) is 6.81. The summed E-state index contributed by atoms with van der Waals surface area (Å²) < 4.78 is 32.9. The maximum atomic E-state index is 12.8. The van der Waals surface area contributed by atoms with E-state index in [4.69, 9.17) is 4.74 Å². The average molecular weight is 444 g/mol. The van der Waals surface area contributed by atoms with Gasteiger partial charge >= 0.3 is 5.69 Å². The molecule has 4 rings (SSSR count). The van der Waals surface area contributed by atoms with Gasteiger partial charge in [0.05, 0.1) is 29.0 Å². The summed E-state index contributed by atoms with van der Waals surface area (Å²) in [7, 11) is -3.73. The van der Waals surface area contributed by atoms with Gasteiger partial charge in [-0.25, -0.2) is 13.2 Å². The second kappa shape index (κ2) is 8.46. The van der Waals surface area contributed by atoms with Crippen LogP contribution >= 0.6 is 0 Å². The maximum Gasteiger partial charge on any atom is 0.329 e. The van der Waals surface area contributed by atoms with E-state index >= 15 is 0 Å². The monoisotopic (exact) mass is 444 g/mol. The first-order valence-corrected chi connectivity index (χ1v) is 11.0. The van der Waals surface area contributed by atoms with Gasteiger partial charge in [-0.3, -0.25) is 14.2 Å². The topological polar surface area (TPSA) is 131 Å². The van der Waals surface area contributed by atoms with Crippen LogP contribution in [0.25, 0.3) is 10.9 Å². The molecular formula is C20H20N4O6S. The van der Waals surface area contributed by atoms with Crippen molar-refractivity contribution < 1.29 is 17.9 Å². The van der Waals surface area contributed by atoms with Crippen LogP contribution < -0.4 is 16.6 Å². The standard InChI is InChI=1S/C20H20N4O6S/c25-18(13-24-19(26)16-6-1-2-7-17(16)22-20(24)27)21-14-4-3-5-15(12-14)31(28,29)23-8-10-30-11-9-23/h1-7,12H,8-11,13H2,(H,21,25)(H,22,27). The van der Waals surface area contributed by atoms with Gasteiger partial charge in [-0.2, -0.15) is 4.31 Å². The van der Waals surface area contributed by atoms with Crippen LogP contribution in [0.5, 0.6) is 0 Å². The number of nitrogens with zero attached hydrogens (tertiary/aromatic N) is 2. The van der Waals surface area contributed by atoms with Crippen LogP contribution in [-0.4, -0.2) is 54.5 Å². The van der Waals surface area contributed by atoms with Crippen molar-refractivity contribution in [1.82, 2.24) is 13.9 Å². The first-order chi connectivity index (χ1) is 14.9. The maximum absolute atomic E-state index is 12.8. The Balaban J connectivity index is 1.55. The second-order valence-electron chi connectivity index (χ2n) is 6.96. The number of aromatic nitrogens is 2. The fourth-order valence-electron chi connectivity index (χ4n) is 3.36. The zero-order valence-electron chi connectivity index (χ0n) is 16.4. The number of para-hydroxylation sites is 1. The van der Waals surface area contributed by atoms with E-state index in [2.05, 4.69) is 10.3 Å². The number of fused-ring (bicyclic) bond motifs is 1. The summed E-state index contributed by atoms with van der Waals surface area (Å²) in [4.78, 5) is 39.9. The van der Waals surface area contributed by atoms with Gasteiger partial charge in [-0.1, -0.05) is 18.2 Å². The molecule has 1 fully saturated rings. The number of hydrogen-bond acceptors (Lipinski definition) is 6. The van der Waals surface area contributed by atoms with E-state index in [1.807, 2.05) is 0 Å². The van der Waals surface area contributed by atoms with Crippen LogP contribution in [0.3, 0.4) is 0 Å². The molecule has 0 atom stereocenters. The predicted molar refractivity (Wildman–Crippen MR) is 113 cm³/mol. The summed E-state index contributed by atoms with van der Waals surface area (Å²) in [5, 5.41) is 2.83. The Morgan fingerprint density at radius 2 is 1.81 bits per heavy atom. The van der Waals surface area contributed by atoms with Gasteiger partial charge in [0.2, 0.25) is 15.9 Å². The van der Waals surface area contributed by atoms with Crippen LogP contribution in [0.15, 0.2) is 63.0 Å². The van der Waals surface area contributed by atoms with E-state index in [1.165, 1.54) is 28.6 Å². The van der Waals surface area contributed by atoms with Crippen molar-refractivity contribution in [2.45, 2.75) is 11.4 Å². The number of aromatic amines is 1. The molecule has 0 radical (unpaired) electrons. The fourth-order valence-corrected chi connectivity index (χ4v) is 4.81. The van der Waals surface area contributed by atoms with Crippen molar-refractivity contribution in [1.29, 1.82) is 0 Å². The summed E-state index contributed by atoms with van der Waals surface area (Å²) in [6.07, 6.45) is 0. The highest BCUT2D eigenvalue weighted by atomic mass is 32.2. The van der Waals surface area contributed by atoms with Gasteiger partial charge in [0.25, 0.3) is 5.56 Å². The van der Waals surface area contributed by atoms with Gasteiger partial charge in [0, 0.05) is 18.8 Å². The van der Waals surface area contributed by atoms with E-state index in [1.54, 1.807) is 24.3 Å². The lowest BCUT2D eigenvalue weighted by molar-refractivity contribution is -0.116. The largest absolute Gasteiger partial charge is 0.379 e.